The molecule has 0 unspecified atom stereocenters. The molecule has 0 spiro atoms. The van der Waals surface area contributed by atoms with Gasteiger partial charge in [0, 0.05) is 31.9 Å². The van der Waals surface area contributed by atoms with Gasteiger partial charge in [0.05, 0.1) is 30.6 Å². The second-order valence-corrected chi connectivity index (χ2v) is 7.48. The summed E-state index contributed by atoms with van der Waals surface area (Å²) in [5, 5.41) is 16.7. The Labute approximate surface area is 178 Å². The number of morpholine rings is 1. The molecule has 1 N–H and O–H groups in total. The molecule has 158 valence electrons. The van der Waals surface area contributed by atoms with Gasteiger partial charge in [-0.25, -0.2) is 4.68 Å². The molecule has 2 aromatic carbocycles. The van der Waals surface area contributed by atoms with E-state index in [-0.39, 0.29) is 5.97 Å². The van der Waals surface area contributed by atoms with E-state index in [1.807, 2.05) is 24.4 Å². The number of benzene rings is 2. The van der Waals surface area contributed by atoms with Gasteiger partial charge in [-0.1, -0.05) is 17.3 Å². The van der Waals surface area contributed by atoms with Crippen LogP contribution in [0.5, 0.6) is 5.75 Å². The molecule has 9 heteroatoms. The van der Waals surface area contributed by atoms with Crippen LogP contribution in [0.2, 0.25) is 0 Å². The van der Waals surface area contributed by atoms with Crippen LogP contribution >= 0.6 is 0 Å². The molecule has 0 saturated carbocycles. The maximum absolute atomic E-state index is 11.3. The molecule has 0 bridgehead atoms. The van der Waals surface area contributed by atoms with Gasteiger partial charge < -0.3 is 9.47 Å². The summed E-state index contributed by atoms with van der Waals surface area (Å²) in [5.41, 5.74) is 4.28. The van der Waals surface area contributed by atoms with Gasteiger partial charge >= 0.3 is 5.97 Å². The lowest BCUT2D eigenvalue weighted by molar-refractivity contribution is -0.131. The number of H-pyrrole nitrogens is 1. The maximum atomic E-state index is 11.3. The number of aromatic amines is 1. The molecule has 5 rings (SSSR count). The number of nitrogens with one attached hydrogen (secondary N) is 1. The van der Waals surface area contributed by atoms with Crippen LogP contribution in [-0.4, -0.2) is 62.4 Å². The lowest BCUT2D eigenvalue weighted by Gasteiger charge is -2.26. The molecule has 0 amide bonds. The van der Waals surface area contributed by atoms with Crippen LogP contribution in [-0.2, 0) is 16.1 Å². The number of rotatable bonds is 5. The fourth-order valence-corrected chi connectivity index (χ4v) is 3.69. The van der Waals surface area contributed by atoms with Crippen molar-refractivity contribution in [1.29, 1.82) is 0 Å². The smallest absolute Gasteiger partial charge is 0.308 e. The Bertz CT molecular complexity index is 1210. The molecule has 3 heterocycles. The van der Waals surface area contributed by atoms with E-state index >= 15 is 0 Å². The molecule has 31 heavy (non-hydrogen) atoms. The summed E-state index contributed by atoms with van der Waals surface area (Å²) in [7, 11) is 0. The van der Waals surface area contributed by atoms with Gasteiger partial charge in [-0.05, 0) is 35.9 Å². The highest BCUT2D eigenvalue weighted by atomic mass is 16.5. The van der Waals surface area contributed by atoms with E-state index in [1.165, 1.54) is 12.5 Å². The standard InChI is InChI=1S/C22H22N6O3/c1-15(29)31-18-6-7-20-19(12-18)22(25-23-20)21-14-28(26-24-21)17-4-2-16(3-5-17)13-27-8-10-30-11-9-27/h2-7,12,14H,8-11,13H2,1H3,(H,23,25). The van der Waals surface area contributed by atoms with Crippen molar-refractivity contribution in [2.75, 3.05) is 26.3 Å². The first-order valence-electron chi connectivity index (χ1n) is 10.1. The van der Waals surface area contributed by atoms with E-state index in [0.29, 0.717) is 17.1 Å². The zero-order chi connectivity index (χ0) is 21.2. The van der Waals surface area contributed by atoms with E-state index in [0.717, 1.165) is 49.4 Å². The van der Waals surface area contributed by atoms with Gasteiger partial charge in [-0.15, -0.1) is 5.10 Å². The Morgan fingerprint density at radius 1 is 1.16 bits per heavy atom. The topological polar surface area (TPSA) is 98.2 Å². The van der Waals surface area contributed by atoms with Crippen LogP contribution in [0, 0.1) is 0 Å². The van der Waals surface area contributed by atoms with E-state index in [4.69, 9.17) is 9.47 Å². The Kier molecular flexibility index (Phi) is 5.19. The summed E-state index contributed by atoms with van der Waals surface area (Å²) in [5.74, 6) is 0.0957. The van der Waals surface area contributed by atoms with Crippen molar-refractivity contribution >= 4 is 16.9 Å². The number of carbonyl (C=O) groups excluding carboxylic acids is 1. The minimum Gasteiger partial charge on any atom is -0.427 e. The summed E-state index contributed by atoms with van der Waals surface area (Å²) in [6, 6.07) is 13.6. The SMILES string of the molecule is CC(=O)Oc1ccc2[nH]nc(-c3cn(-c4ccc(CN5CCOCC5)cc4)nn3)c2c1. The van der Waals surface area contributed by atoms with Crippen LogP contribution in [0.25, 0.3) is 28.0 Å². The number of ether oxygens (including phenoxy) is 2. The summed E-state index contributed by atoms with van der Waals surface area (Å²) in [4.78, 5) is 13.6. The highest BCUT2D eigenvalue weighted by Crippen LogP contribution is 2.28. The zero-order valence-corrected chi connectivity index (χ0v) is 17.1. The number of nitrogens with zero attached hydrogens (tertiary/aromatic N) is 5. The van der Waals surface area contributed by atoms with Gasteiger partial charge in [0.1, 0.15) is 17.1 Å². The third-order valence-electron chi connectivity index (χ3n) is 5.24. The second-order valence-electron chi connectivity index (χ2n) is 7.48. The van der Waals surface area contributed by atoms with E-state index in [9.17, 15) is 4.79 Å². The molecule has 0 radical (unpaired) electrons. The first kappa shape index (κ1) is 19.4. The third-order valence-corrected chi connectivity index (χ3v) is 5.24. The molecule has 9 nitrogen and oxygen atoms in total. The number of hydrogen-bond acceptors (Lipinski definition) is 7. The zero-order valence-electron chi connectivity index (χ0n) is 17.1. The average molecular weight is 418 g/mol. The minimum atomic E-state index is -0.368. The van der Waals surface area contributed by atoms with Crippen molar-refractivity contribution in [2.45, 2.75) is 13.5 Å². The fraction of sp³-hybridized carbons (Fsp3) is 0.273. The summed E-state index contributed by atoms with van der Waals surface area (Å²) in [6.45, 7) is 5.80. The van der Waals surface area contributed by atoms with Crippen molar-refractivity contribution in [3.8, 4) is 22.8 Å². The predicted octanol–water partition coefficient (Wildman–Crippen LogP) is 2.57. The van der Waals surface area contributed by atoms with Crippen molar-refractivity contribution in [2.24, 2.45) is 0 Å². The van der Waals surface area contributed by atoms with Gasteiger partial charge in [-0.3, -0.25) is 14.8 Å². The molecule has 1 saturated heterocycles. The number of aromatic nitrogens is 5. The first-order chi connectivity index (χ1) is 15.2. The number of hydrogen-bond donors (Lipinski definition) is 1. The first-order valence-corrected chi connectivity index (χ1v) is 10.1. The van der Waals surface area contributed by atoms with Gasteiger partial charge in [-0.2, -0.15) is 5.10 Å². The van der Waals surface area contributed by atoms with Crippen molar-refractivity contribution in [3.05, 3.63) is 54.2 Å². The Morgan fingerprint density at radius 3 is 2.74 bits per heavy atom. The maximum Gasteiger partial charge on any atom is 0.308 e. The highest BCUT2D eigenvalue weighted by molar-refractivity contribution is 5.93. The van der Waals surface area contributed by atoms with Crippen molar-refractivity contribution < 1.29 is 14.3 Å². The number of fused-ring (bicyclic) bond motifs is 1. The lowest BCUT2D eigenvalue weighted by atomic mass is 10.1. The third kappa shape index (κ3) is 4.18. The van der Waals surface area contributed by atoms with Crippen LogP contribution in [0.3, 0.4) is 0 Å². The number of carbonyl (C=O) groups is 1. The lowest BCUT2D eigenvalue weighted by Crippen LogP contribution is -2.35. The van der Waals surface area contributed by atoms with Gasteiger partial charge in [0.15, 0.2) is 0 Å². The van der Waals surface area contributed by atoms with Crippen molar-refractivity contribution in [3.63, 3.8) is 0 Å². The molecule has 0 aliphatic carbocycles. The molecular weight excluding hydrogens is 396 g/mol. The van der Waals surface area contributed by atoms with Crippen LogP contribution in [0.1, 0.15) is 12.5 Å². The minimum absolute atomic E-state index is 0.368. The molecular formula is C22H22N6O3. The fourth-order valence-electron chi connectivity index (χ4n) is 3.69. The molecule has 1 aliphatic heterocycles. The van der Waals surface area contributed by atoms with Crippen LogP contribution in [0.4, 0.5) is 0 Å². The number of esters is 1. The normalized spacial score (nSPS) is 14.7. The van der Waals surface area contributed by atoms with Crippen LogP contribution in [0.15, 0.2) is 48.7 Å². The van der Waals surface area contributed by atoms with E-state index in [1.54, 1.807) is 16.8 Å². The summed E-state index contributed by atoms with van der Waals surface area (Å²) in [6.07, 6.45) is 1.84. The van der Waals surface area contributed by atoms with Crippen molar-refractivity contribution in [1.82, 2.24) is 30.1 Å². The molecule has 0 atom stereocenters. The van der Waals surface area contributed by atoms with E-state index in [2.05, 4.69) is 37.5 Å². The van der Waals surface area contributed by atoms with Gasteiger partial charge in [0.25, 0.3) is 0 Å². The predicted molar refractivity (Wildman–Crippen MR) is 114 cm³/mol. The van der Waals surface area contributed by atoms with E-state index < -0.39 is 0 Å². The van der Waals surface area contributed by atoms with Crippen LogP contribution < -0.4 is 4.74 Å². The summed E-state index contributed by atoms with van der Waals surface area (Å²) >= 11 is 0. The quantitative estimate of drug-likeness (QED) is 0.393. The summed E-state index contributed by atoms with van der Waals surface area (Å²) < 4.78 is 12.3. The molecule has 1 aliphatic rings. The Hall–Kier alpha value is -3.56. The largest absolute Gasteiger partial charge is 0.427 e. The highest BCUT2D eigenvalue weighted by Gasteiger charge is 2.15. The molecule has 2 aromatic heterocycles. The monoisotopic (exact) mass is 418 g/mol. The average Bonchev–Trinajstić information content (AvgIpc) is 3.41. The Morgan fingerprint density at radius 2 is 1.97 bits per heavy atom. The molecule has 4 aromatic rings. The van der Waals surface area contributed by atoms with Gasteiger partial charge in [0.2, 0.25) is 0 Å². The second kappa shape index (κ2) is 8.29. The Balaban J connectivity index is 1.36. The molecule has 1 fully saturated rings.